The van der Waals surface area contributed by atoms with Gasteiger partial charge in [0, 0.05) is 4.83 Å². The van der Waals surface area contributed by atoms with Gasteiger partial charge in [-0.2, -0.15) is 0 Å². The van der Waals surface area contributed by atoms with Gasteiger partial charge in [-0.1, -0.05) is 55.8 Å². The van der Waals surface area contributed by atoms with Crippen LogP contribution in [0.5, 0.6) is 5.75 Å². The second-order valence-electron chi connectivity index (χ2n) is 6.16. The summed E-state index contributed by atoms with van der Waals surface area (Å²) in [5, 5.41) is 0. The van der Waals surface area contributed by atoms with Gasteiger partial charge in [-0.25, -0.2) is 0 Å². The third kappa shape index (κ3) is 5.01. The van der Waals surface area contributed by atoms with E-state index in [0.717, 1.165) is 12.2 Å². The van der Waals surface area contributed by atoms with Crippen LogP contribution in [-0.4, -0.2) is 11.9 Å². The van der Waals surface area contributed by atoms with Crippen molar-refractivity contribution in [3.63, 3.8) is 0 Å². The third-order valence-electron chi connectivity index (χ3n) is 3.68. The average molecular weight is 313 g/mol. The smallest absolute Gasteiger partial charge is 0.119 e. The molecule has 0 amide bonds. The van der Waals surface area contributed by atoms with Gasteiger partial charge < -0.3 is 4.74 Å². The summed E-state index contributed by atoms with van der Waals surface area (Å²) in [6.07, 6.45) is 2.25. The van der Waals surface area contributed by atoms with E-state index >= 15 is 0 Å². The number of rotatable bonds is 5. The van der Waals surface area contributed by atoms with Crippen molar-refractivity contribution in [1.29, 1.82) is 0 Å². The fourth-order valence-electron chi connectivity index (χ4n) is 1.88. The lowest BCUT2D eigenvalue weighted by molar-refractivity contribution is 0.246. The maximum absolute atomic E-state index is 5.26. The van der Waals surface area contributed by atoms with Crippen LogP contribution in [0.15, 0.2) is 24.3 Å². The molecular formula is C16H25BrO. The standard InChI is InChI=1S/C16H25BrO/c1-12(16(2,3)4)9-14(17)10-13-7-6-8-15(11-13)18-5/h6-8,11-12,14H,9-10H2,1-5H3. The summed E-state index contributed by atoms with van der Waals surface area (Å²) in [5.41, 5.74) is 1.71. The van der Waals surface area contributed by atoms with Gasteiger partial charge in [-0.15, -0.1) is 0 Å². The minimum atomic E-state index is 0.375. The topological polar surface area (TPSA) is 9.23 Å². The van der Waals surface area contributed by atoms with Crippen LogP contribution >= 0.6 is 15.9 Å². The van der Waals surface area contributed by atoms with Crippen molar-refractivity contribution in [2.45, 2.75) is 45.4 Å². The fourth-order valence-corrected chi connectivity index (χ4v) is 2.81. The Balaban J connectivity index is 2.56. The first-order valence-corrected chi connectivity index (χ1v) is 7.51. The summed E-state index contributed by atoms with van der Waals surface area (Å²) >= 11 is 3.81. The number of hydrogen-bond donors (Lipinski definition) is 0. The van der Waals surface area contributed by atoms with Gasteiger partial charge in [0.25, 0.3) is 0 Å². The average Bonchev–Trinajstić information content (AvgIpc) is 2.27. The van der Waals surface area contributed by atoms with E-state index < -0.39 is 0 Å². The van der Waals surface area contributed by atoms with Crippen molar-refractivity contribution in [2.24, 2.45) is 11.3 Å². The molecule has 0 heterocycles. The first-order valence-electron chi connectivity index (χ1n) is 6.60. The molecule has 1 rings (SSSR count). The maximum Gasteiger partial charge on any atom is 0.119 e. The van der Waals surface area contributed by atoms with Crippen LogP contribution in [0.2, 0.25) is 0 Å². The molecule has 0 saturated heterocycles. The molecule has 0 aliphatic heterocycles. The molecule has 18 heavy (non-hydrogen) atoms. The Bertz CT molecular complexity index is 368. The molecule has 2 heteroatoms. The lowest BCUT2D eigenvalue weighted by atomic mass is 9.79. The monoisotopic (exact) mass is 312 g/mol. The Labute approximate surface area is 120 Å². The van der Waals surface area contributed by atoms with Crippen LogP contribution in [-0.2, 0) is 6.42 Å². The van der Waals surface area contributed by atoms with Crippen molar-refractivity contribution in [2.75, 3.05) is 7.11 Å². The van der Waals surface area contributed by atoms with E-state index in [0.29, 0.717) is 16.2 Å². The molecule has 102 valence electrons. The third-order valence-corrected chi connectivity index (χ3v) is 4.38. The van der Waals surface area contributed by atoms with E-state index in [9.17, 15) is 0 Å². The fraction of sp³-hybridized carbons (Fsp3) is 0.625. The Hall–Kier alpha value is -0.500. The molecule has 0 aromatic heterocycles. The predicted octanol–water partition coefficient (Wildman–Crippen LogP) is 5.07. The molecule has 0 spiro atoms. The zero-order valence-corrected chi connectivity index (χ0v) is 13.8. The summed E-state index contributed by atoms with van der Waals surface area (Å²) in [6, 6.07) is 8.33. The van der Waals surface area contributed by atoms with Crippen molar-refractivity contribution < 1.29 is 4.74 Å². The molecule has 0 bridgehead atoms. The molecule has 1 nitrogen and oxygen atoms in total. The lowest BCUT2D eigenvalue weighted by Crippen LogP contribution is -2.21. The SMILES string of the molecule is COc1cccc(CC(Br)CC(C)C(C)(C)C)c1. The molecule has 0 N–H and O–H groups in total. The summed E-state index contributed by atoms with van der Waals surface area (Å²) < 4.78 is 5.26. The Morgan fingerprint density at radius 1 is 1.28 bits per heavy atom. The molecule has 1 aromatic carbocycles. The Morgan fingerprint density at radius 3 is 2.50 bits per heavy atom. The highest BCUT2D eigenvalue weighted by Crippen LogP contribution is 2.32. The molecule has 0 saturated carbocycles. The second-order valence-corrected chi connectivity index (χ2v) is 7.45. The number of methoxy groups -OCH3 is 1. The second kappa shape index (κ2) is 6.60. The zero-order valence-electron chi connectivity index (χ0n) is 12.2. The van der Waals surface area contributed by atoms with Crippen LogP contribution in [0.4, 0.5) is 0 Å². The number of hydrogen-bond acceptors (Lipinski definition) is 1. The summed E-state index contributed by atoms with van der Waals surface area (Å²) in [7, 11) is 1.71. The van der Waals surface area contributed by atoms with Crippen molar-refractivity contribution in [1.82, 2.24) is 0 Å². The van der Waals surface area contributed by atoms with Crippen LogP contribution in [0.3, 0.4) is 0 Å². The molecule has 0 aliphatic carbocycles. The van der Waals surface area contributed by atoms with E-state index in [1.165, 1.54) is 12.0 Å². The quantitative estimate of drug-likeness (QED) is 0.689. The first-order chi connectivity index (χ1) is 8.32. The van der Waals surface area contributed by atoms with Gasteiger partial charge in [-0.3, -0.25) is 0 Å². The molecular weight excluding hydrogens is 288 g/mol. The highest BCUT2D eigenvalue weighted by Gasteiger charge is 2.22. The number of alkyl halides is 1. The van der Waals surface area contributed by atoms with Crippen molar-refractivity contribution in [3.05, 3.63) is 29.8 Å². The van der Waals surface area contributed by atoms with Gasteiger partial charge in [0.05, 0.1) is 7.11 Å². The Morgan fingerprint density at radius 2 is 1.94 bits per heavy atom. The predicted molar refractivity (Wildman–Crippen MR) is 82.6 cm³/mol. The van der Waals surface area contributed by atoms with E-state index in [1.807, 2.05) is 6.07 Å². The van der Waals surface area contributed by atoms with Crippen LogP contribution in [0.25, 0.3) is 0 Å². The molecule has 0 fully saturated rings. The van der Waals surface area contributed by atoms with Crippen LogP contribution in [0, 0.1) is 11.3 Å². The van der Waals surface area contributed by atoms with Gasteiger partial charge in [0.1, 0.15) is 5.75 Å². The van der Waals surface area contributed by atoms with E-state index in [1.54, 1.807) is 7.11 Å². The minimum absolute atomic E-state index is 0.375. The van der Waals surface area contributed by atoms with Gasteiger partial charge in [0.15, 0.2) is 0 Å². The molecule has 2 atom stereocenters. The van der Waals surface area contributed by atoms with Crippen molar-refractivity contribution in [3.8, 4) is 5.75 Å². The summed E-state index contributed by atoms with van der Waals surface area (Å²) in [4.78, 5) is 0.527. The van der Waals surface area contributed by atoms with Crippen LogP contribution < -0.4 is 4.74 Å². The lowest BCUT2D eigenvalue weighted by Gasteiger charge is -2.29. The largest absolute Gasteiger partial charge is 0.497 e. The van der Waals surface area contributed by atoms with Gasteiger partial charge in [-0.05, 0) is 41.9 Å². The Kier molecular flexibility index (Phi) is 5.71. The van der Waals surface area contributed by atoms with Crippen molar-refractivity contribution >= 4 is 15.9 Å². The summed E-state index contributed by atoms with van der Waals surface area (Å²) in [6.45, 7) is 9.26. The van der Waals surface area contributed by atoms with Crippen LogP contribution in [0.1, 0.15) is 39.7 Å². The minimum Gasteiger partial charge on any atom is -0.497 e. The van der Waals surface area contributed by atoms with E-state index in [-0.39, 0.29) is 0 Å². The number of ether oxygens (including phenoxy) is 1. The number of halogens is 1. The van der Waals surface area contributed by atoms with E-state index in [2.05, 4.69) is 61.8 Å². The molecule has 2 unspecified atom stereocenters. The summed E-state index contributed by atoms with van der Waals surface area (Å²) in [5.74, 6) is 1.64. The van der Waals surface area contributed by atoms with Gasteiger partial charge >= 0.3 is 0 Å². The molecule has 0 radical (unpaired) electrons. The van der Waals surface area contributed by atoms with Gasteiger partial charge in [0.2, 0.25) is 0 Å². The zero-order chi connectivity index (χ0) is 13.8. The normalized spacial score (nSPS) is 15.2. The highest BCUT2D eigenvalue weighted by molar-refractivity contribution is 9.09. The number of benzene rings is 1. The highest BCUT2D eigenvalue weighted by atomic mass is 79.9. The molecule has 1 aromatic rings. The molecule has 0 aliphatic rings. The van der Waals surface area contributed by atoms with E-state index in [4.69, 9.17) is 4.74 Å². The maximum atomic E-state index is 5.26. The first kappa shape index (κ1) is 15.6.